The fourth-order valence-corrected chi connectivity index (χ4v) is 1.65. The zero-order valence-corrected chi connectivity index (χ0v) is 7.92. The van der Waals surface area contributed by atoms with Gasteiger partial charge in [-0.1, -0.05) is 0 Å². The maximum Gasteiger partial charge on any atom is 0.134 e. The van der Waals surface area contributed by atoms with Crippen molar-refractivity contribution in [3.8, 4) is 10.8 Å². The molecule has 0 spiro atoms. The van der Waals surface area contributed by atoms with Gasteiger partial charge in [0.15, 0.2) is 0 Å². The van der Waals surface area contributed by atoms with E-state index in [9.17, 15) is 0 Å². The van der Waals surface area contributed by atoms with Crippen molar-refractivity contribution in [3.05, 3.63) is 0 Å². The average Bonchev–Trinajstić information content (AvgIpc) is 2.03. The number of hydrogen-bond donors (Lipinski definition) is 2. The van der Waals surface area contributed by atoms with Gasteiger partial charge in [0.1, 0.15) is 15.4 Å². The predicted molar refractivity (Wildman–Crippen MR) is 51.3 cm³/mol. The van der Waals surface area contributed by atoms with Crippen molar-refractivity contribution in [2.24, 2.45) is 0 Å². The minimum Gasteiger partial charge on any atom is -0.304 e. The summed E-state index contributed by atoms with van der Waals surface area (Å²) in [6.07, 6.45) is 0. The van der Waals surface area contributed by atoms with Crippen LogP contribution in [0.5, 0.6) is 0 Å². The highest BCUT2D eigenvalue weighted by molar-refractivity contribution is 8.22. The topological polar surface area (TPSA) is 95.3 Å². The van der Waals surface area contributed by atoms with Crippen LogP contribution in [-0.4, -0.2) is 16.0 Å². The van der Waals surface area contributed by atoms with Crippen LogP contribution in [0.15, 0.2) is 0 Å². The molecule has 0 unspecified atom stereocenters. The lowest BCUT2D eigenvalue weighted by Gasteiger charge is -2.07. The van der Waals surface area contributed by atoms with E-state index in [-0.39, 0.29) is 11.4 Å². The Bertz CT molecular complexity index is 256. The molecule has 0 aromatic carbocycles. The second-order valence-electron chi connectivity index (χ2n) is 1.79. The van der Waals surface area contributed by atoms with E-state index in [1.807, 2.05) is 0 Å². The summed E-state index contributed by atoms with van der Waals surface area (Å²) in [7, 11) is 0. The molecule has 0 fully saturated rings. The summed E-state index contributed by atoms with van der Waals surface area (Å²) in [6, 6.07) is 0. The van der Waals surface area contributed by atoms with E-state index < -0.39 is 4.58 Å². The van der Waals surface area contributed by atoms with Gasteiger partial charge in [-0.15, -0.1) is 0 Å². The molecule has 0 rings (SSSR count). The predicted octanol–water partition coefficient (Wildman–Crippen LogP) is 1.80. The molecule has 4 nitrogen and oxygen atoms in total. The molecule has 0 radical (unpaired) electrons. The van der Waals surface area contributed by atoms with Crippen LogP contribution >= 0.6 is 23.5 Å². The molecule has 0 saturated carbocycles. The van der Waals surface area contributed by atoms with Crippen LogP contribution in [-0.2, 0) is 0 Å². The third kappa shape index (κ3) is 3.42. The molecule has 0 atom stereocenters. The van der Waals surface area contributed by atoms with E-state index in [1.165, 1.54) is 6.92 Å². The van der Waals surface area contributed by atoms with Crippen LogP contribution in [0.3, 0.4) is 0 Å². The quantitative estimate of drug-likeness (QED) is 0.409. The fraction of sp³-hybridized carbons (Fsp3) is 0.333. The first-order valence-corrected chi connectivity index (χ1v) is 4.62. The SMILES string of the molecule is CC(=N)C(=N)C(SC#N)SC#N. The molecule has 0 saturated heterocycles. The van der Waals surface area contributed by atoms with Gasteiger partial charge in [-0.2, -0.15) is 10.5 Å². The van der Waals surface area contributed by atoms with E-state index in [4.69, 9.17) is 21.3 Å². The van der Waals surface area contributed by atoms with Gasteiger partial charge in [0.05, 0.1) is 11.4 Å². The van der Waals surface area contributed by atoms with Crippen LogP contribution < -0.4 is 0 Å². The molecule has 12 heavy (non-hydrogen) atoms. The van der Waals surface area contributed by atoms with E-state index in [1.54, 1.807) is 10.8 Å². The molecule has 62 valence electrons. The zero-order valence-electron chi connectivity index (χ0n) is 6.29. The first-order chi connectivity index (χ1) is 5.63. The third-order valence-electron chi connectivity index (χ3n) is 0.959. The maximum atomic E-state index is 8.32. The van der Waals surface area contributed by atoms with Crippen molar-refractivity contribution < 1.29 is 0 Å². The minimum atomic E-state index is -0.558. The Labute approximate surface area is 79.0 Å². The second kappa shape index (κ2) is 5.64. The van der Waals surface area contributed by atoms with Crippen LogP contribution in [0.1, 0.15) is 6.92 Å². The van der Waals surface area contributed by atoms with Gasteiger partial charge >= 0.3 is 0 Å². The lowest BCUT2D eigenvalue weighted by molar-refractivity contribution is 1.44. The highest BCUT2D eigenvalue weighted by Crippen LogP contribution is 2.22. The molecule has 0 aliphatic carbocycles. The van der Waals surface area contributed by atoms with Crippen molar-refractivity contribution in [3.63, 3.8) is 0 Å². The Morgan fingerprint density at radius 1 is 1.25 bits per heavy atom. The van der Waals surface area contributed by atoms with Crippen LogP contribution in [0, 0.1) is 32.1 Å². The van der Waals surface area contributed by atoms with E-state index in [2.05, 4.69) is 0 Å². The number of thioether (sulfide) groups is 2. The minimum absolute atomic E-state index is 0.0214. The van der Waals surface area contributed by atoms with Crippen LogP contribution in [0.4, 0.5) is 0 Å². The van der Waals surface area contributed by atoms with E-state index >= 15 is 0 Å². The fourth-order valence-electron chi connectivity index (χ4n) is 0.414. The van der Waals surface area contributed by atoms with Gasteiger partial charge in [-0.25, -0.2) is 0 Å². The summed E-state index contributed by atoms with van der Waals surface area (Å²) < 4.78 is -0.558. The summed E-state index contributed by atoms with van der Waals surface area (Å²) in [5, 5.41) is 34.7. The van der Waals surface area contributed by atoms with Gasteiger partial charge in [0.25, 0.3) is 0 Å². The van der Waals surface area contributed by atoms with Gasteiger partial charge in [-0.05, 0) is 30.4 Å². The molecule has 0 heterocycles. The van der Waals surface area contributed by atoms with Gasteiger partial charge in [-0.3, -0.25) is 0 Å². The summed E-state index contributed by atoms with van der Waals surface area (Å²) in [4.78, 5) is 0. The van der Waals surface area contributed by atoms with E-state index in [0.29, 0.717) is 0 Å². The monoisotopic (exact) mass is 198 g/mol. The second-order valence-corrected chi connectivity index (χ2v) is 3.87. The zero-order chi connectivity index (χ0) is 9.56. The Balaban J connectivity index is 4.33. The van der Waals surface area contributed by atoms with Crippen LogP contribution in [0.2, 0.25) is 0 Å². The summed E-state index contributed by atoms with van der Waals surface area (Å²) in [5.74, 6) is 0. The lowest BCUT2D eigenvalue weighted by atomic mass is 10.3. The van der Waals surface area contributed by atoms with E-state index in [0.717, 1.165) is 23.5 Å². The normalized spacial score (nSPS) is 8.67. The van der Waals surface area contributed by atoms with Crippen molar-refractivity contribution in [1.82, 2.24) is 0 Å². The molecule has 0 amide bonds. The number of thiocyanates is 2. The largest absolute Gasteiger partial charge is 0.304 e. The molecule has 0 aliphatic rings. The Kier molecular flexibility index (Phi) is 5.18. The van der Waals surface area contributed by atoms with Crippen molar-refractivity contribution >= 4 is 34.9 Å². The molecular formula is C6H6N4S2. The Hall–Kier alpha value is -0.980. The molecule has 6 heteroatoms. The standard InChI is InChI=1S/C6H6N4S2/c1-4(9)5(10)6(11-2-7)12-3-8/h6,9-10H,1H3. The molecular weight excluding hydrogens is 192 g/mol. The Morgan fingerprint density at radius 3 is 1.92 bits per heavy atom. The van der Waals surface area contributed by atoms with Crippen molar-refractivity contribution in [2.75, 3.05) is 0 Å². The van der Waals surface area contributed by atoms with Crippen molar-refractivity contribution in [2.45, 2.75) is 11.5 Å². The molecule has 2 N–H and O–H groups in total. The summed E-state index contributed by atoms with van der Waals surface area (Å²) in [5.41, 5.74) is 0.110. The summed E-state index contributed by atoms with van der Waals surface area (Å²) in [6.45, 7) is 1.46. The van der Waals surface area contributed by atoms with Gasteiger partial charge < -0.3 is 10.8 Å². The average molecular weight is 198 g/mol. The third-order valence-corrected chi connectivity index (χ3v) is 2.65. The highest BCUT2D eigenvalue weighted by Gasteiger charge is 2.17. The first kappa shape index (κ1) is 11.0. The number of nitriles is 2. The maximum absolute atomic E-state index is 8.32. The molecule has 0 aromatic rings. The van der Waals surface area contributed by atoms with Gasteiger partial charge in [0, 0.05) is 0 Å². The summed E-state index contributed by atoms with van der Waals surface area (Å²) >= 11 is 1.64. The lowest BCUT2D eigenvalue weighted by Crippen LogP contribution is -2.18. The number of hydrogen-bond acceptors (Lipinski definition) is 6. The van der Waals surface area contributed by atoms with Crippen molar-refractivity contribution in [1.29, 1.82) is 21.3 Å². The van der Waals surface area contributed by atoms with Gasteiger partial charge in [0.2, 0.25) is 0 Å². The number of nitrogens with zero attached hydrogens (tertiary/aromatic N) is 2. The smallest absolute Gasteiger partial charge is 0.134 e. The molecule has 0 bridgehead atoms. The molecule has 0 aromatic heterocycles. The Morgan fingerprint density at radius 2 is 1.67 bits per heavy atom. The first-order valence-electron chi connectivity index (χ1n) is 2.87. The molecule has 0 aliphatic heterocycles. The number of nitrogens with one attached hydrogen (secondary N) is 2. The van der Waals surface area contributed by atoms with Crippen LogP contribution in [0.25, 0.3) is 0 Å². The highest BCUT2D eigenvalue weighted by atomic mass is 32.2. The number of rotatable bonds is 4.